The summed E-state index contributed by atoms with van der Waals surface area (Å²) in [6.45, 7) is 5.07. The fourth-order valence-corrected chi connectivity index (χ4v) is 2.94. The third kappa shape index (κ3) is 4.43. The smallest absolute Gasteiger partial charge is 0.411 e. The molecule has 0 aromatic carbocycles. The number of carbonyl (C=O) groups excluding carboxylic acids is 2. The number of hydrogen-bond donors (Lipinski definition) is 0. The molecule has 7 heteroatoms. The van der Waals surface area contributed by atoms with Crippen LogP contribution in [0.25, 0.3) is 0 Å². The van der Waals surface area contributed by atoms with E-state index in [0.717, 1.165) is 4.43 Å². The molecule has 1 aliphatic heterocycles. The van der Waals surface area contributed by atoms with E-state index in [4.69, 9.17) is 9.47 Å². The lowest BCUT2D eigenvalue weighted by molar-refractivity contribution is -0.153. The monoisotopic (exact) mass is 415 g/mol. The Morgan fingerprint density at radius 2 is 2.05 bits per heavy atom. The van der Waals surface area contributed by atoms with E-state index in [9.17, 15) is 14.0 Å². The largest absolute Gasteiger partial charge is 0.467 e. The van der Waals surface area contributed by atoms with Gasteiger partial charge < -0.3 is 9.47 Å². The van der Waals surface area contributed by atoms with Crippen LogP contribution in [0.5, 0.6) is 0 Å². The van der Waals surface area contributed by atoms with Gasteiger partial charge in [0.1, 0.15) is 17.3 Å². The van der Waals surface area contributed by atoms with Crippen molar-refractivity contribution in [3.63, 3.8) is 0 Å². The highest BCUT2D eigenvalue weighted by Gasteiger charge is 2.55. The maximum Gasteiger partial charge on any atom is 0.411 e. The summed E-state index contributed by atoms with van der Waals surface area (Å²) in [5.74, 6) is -0.571. The molecular weight excluding hydrogens is 392 g/mol. The summed E-state index contributed by atoms with van der Waals surface area (Å²) in [6.07, 6.45) is -0.869. The van der Waals surface area contributed by atoms with E-state index < -0.39 is 29.4 Å². The third-order valence-corrected chi connectivity index (χ3v) is 4.12. The van der Waals surface area contributed by atoms with Crippen LogP contribution in [0, 0.1) is 0 Å². The van der Waals surface area contributed by atoms with Crippen molar-refractivity contribution >= 4 is 34.7 Å². The highest BCUT2D eigenvalue weighted by atomic mass is 127. The van der Waals surface area contributed by atoms with E-state index in [-0.39, 0.29) is 13.0 Å². The molecule has 0 saturated carbocycles. The van der Waals surface area contributed by atoms with E-state index in [1.807, 2.05) is 0 Å². The molecule has 0 unspecified atom stereocenters. The van der Waals surface area contributed by atoms with Gasteiger partial charge in [0, 0.05) is 6.42 Å². The van der Waals surface area contributed by atoms with Crippen LogP contribution in [0.1, 0.15) is 40.0 Å². The van der Waals surface area contributed by atoms with Crippen molar-refractivity contribution in [1.29, 1.82) is 0 Å². The predicted molar refractivity (Wildman–Crippen MR) is 85.3 cm³/mol. The molecule has 2 atom stereocenters. The number of rotatable bonds is 4. The summed E-state index contributed by atoms with van der Waals surface area (Å²) in [5.41, 5.74) is -1.95. The standard InChI is InChI=1S/C14H23FINO4/c1-13(2,3)21-12(19)17-9-10(15)8-14(17,6-5-7-16)11(18)20-4/h10H,5-9H2,1-4H3/t10-,14-/m1/s1. The van der Waals surface area contributed by atoms with E-state index in [2.05, 4.69) is 22.6 Å². The molecule has 0 bridgehead atoms. The Morgan fingerprint density at radius 3 is 2.52 bits per heavy atom. The Kier molecular flexibility index (Phi) is 6.24. The fraction of sp³-hybridized carbons (Fsp3) is 0.857. The van der Waals surface area contributed by atoms with E-state index in [1.165, 1.54) is 12.0 Å². The van der Waals surface area contributed by atoms with Crippen LogP contribution < -0.4 is 0 Å². The zero-order valence-corrected chi connectivity index (χ0v) is 15.1. The molecule has 1 amide bonds. The molecule has 1 fully saturated rings. The van der Waals surface area contributed by atoms with Gasteiger partial charge in [0.05, 0.1) is 13.7 Å². The number of amides is 1. The highest BCUT2D eigenvalue weighted by molar-refractivity contribution is 14.1. The number of ether oxygens (including phenoxy) is 2. The number of halogens is 2. The van der Waals surface area contributed by atoms with Gasteiger partial charge in [-0.3, -0.25) is 4.90 Å². The fourth-order valence-electron chi connectivity index (χ4n) is 2.56. The van der Waals surface area contributed by atoms with Gasteiger partial charge in [-0.1, -0.05) is 22.6 Å². The van der Waals surface area contributed by atoms with Crippen molar-refractivity contribution in [2.75, 3.05) is 18.1 Å². The molecule has 1 aliphatic rings. The number of carbonyl (C=O) groups is 2. The Hall–Kier alpha value is -0.600. The first-order chi connectivity index (χ1) is 9.66. The zero-order chi connectivity index (χ0) is 16.3. The van der Waals surface area contributed by atoms with Crippen LogP contribution in [0.3, 0.4) is 0 Å². The second kappa shape index (κ2) is 7.11. The van der Waals surface area contributed by atoms with Crippen LogP contribution in [-0.2, 0) is 14.3 Å². The normalized spacial score (nSPS) is 25.8. The quantitative estimate of drug-likeness (QED) is 0.402. The molecule has 0 spiro atoms. The first kappa shape index (κ1) is 18.4. The van der Waals surface area contributed by atoms with Crippen LogP contribution >= 0.6 is 22.6 Å². The number of hydrogen-bond acceptors (Lipinski definition) is 4. The molecule has 1 heterocycles. The Morgan fingerprint density at radius 1 is 1.43 bits per heavy atom. The summed E-state index contributed by atoms with van der Waals surface area (Å²) >= 11 is 2.19. The summed E-state index contributed by atoms with van der Waals surface area (Å²) < 4.78 is 24.9. The average molecular weight is 415 g/mol. The van der Waals surface area contributed by atoms with Gasteiger partial charge in [-0.15, -0.1) is 0 Å². The Balaban J connectivity index is 3.06. The molecule has 0 aromatic heterocycles. The minimum atomic E-state index is -1.25. The van der Waals surface area contributed by atoms with E-state index in [1.54, 1.807) is 20.8 Å². The average Bonchev–Trinajstić information content (AvgIpc) is 2.71. The first-order valence-corrected chi connectivity index (χ1v) is 8.48. The van der Waals surface area contributed by atoms with Crippen LogP contribution in [0.2, 0.25) is 0 Å². The van der Waals surface area contributed by atoms with Crippen molar-refractivity contribution in [3.8, 4) is 0 Å². The van der Waals surface area contributed by atoms with E-state index >= 15 is 0 Å². The van der Waals surface area contributed by atoms with Gasteiger partial charge in [0.2, 0.25) is 0 Å². The number of methoxy groups -OCH3 is 1. The zero-order valence-electron chi connectivity index (χ0n) is 12.9. The van der Waals surface area contributed by atoms with Crippen molar-refractivity contribution in [3.05, 3.63) is 0 Å². The van der Waals surface area contributed by atoms with Gasteiger partial charge in [-0.2, -0.15) is 0 Å². The maximum atomic E-state index is 13.9. The molecule has 0 radical (unpaired) electrons. The third-order valence-electron chi connectivity index (χ3n) is 3.36. The molecule has 0 aliphatic carbocycles. The van der Waals surface area contributed by atoms with Crippen molar-refractivity contribution in [2.24, 2.45) is 0 Å². The van der Waals surface area contributed by atoms with Crippen molar-refractivity contribution < 1.29 is 23.5 Å². The van der Waals surface area contributed by atoms with Crippen LogP contribution in [0.4, 0.5) is 9.18 Å². The summed E-state index contributed by atoms with van der Waals surface area (Å²) in [6, 6.07) is 0. The lowest BCUT2D eigenvalue weighted by Gasteiger charge is -2.36. The Labute approximate surface area is 138 Å². The number of nitrogens with zero attached hydrogens (tertiary/aromatic N) is 1. The van der Waals surface area contributed by atoms with Crippen molar-refractivity contribution in [2.45, 2.75) is 57.3 Å². The minimum Gasteiger partial charge on any atom is -0.467 e. The number of alkyl halides is 2. The SMILES string of the molecule is COC(=O)[C@@]1(CCCI)C[C@@H](F)CN1C(=O)OC(C)(C)C. The predicted octanol–water partition coefficient (Wildman–Crippen LogP) is 3.09. The first-order valence-electron chi connectivity index (χ1n) is 6.95. The van der Waals surface area contributed by atoms with Gasteiger partial charge in [0.25, 0.3) is 0 Å². The number of esters is 1. The van der Waals surface area contributed by atoms with Gasteiger partial charge in [0.15, 0.2) is 0 Å². The highest BCUT2D eigenvalue weighted by Crippen LogP contribution is 2.37. The topological polar surface area (TPSA) is 55.8 Å². The summed E-state index contributed by atoms with van der Waals surface area (Å²) in [7, 11) is 1.26. The molecule has 122 valence electrons. The molecule has 1 rings (SSSR count). The molecule has 0 aromatic rings. The second-order valence-electron chi connectivity index (χ2n) is 6.21. The lowest BCUT2D eigenvalue weighted by atomic mass is 9.90. The van der Waals surface area contributed by atoms with Gasteiger partial charge >= 0.3 is 12.1 Å². The van der Waals surface area contributed by atoms with Gasteiger partial charge in [-0.25, -0.2) is 14.0 Å². The van der Waals surface area contributed by atoms with Crippen molar-refractivity contribution in [1.82, 2.24) is 4.90 Å². The van der Waals surface area contributed by atoms with Crippen LogP contribution in [-0.4, -0.2) is 52.4 Å². The van der Waals surface area contributed by atoms with Crippen LogP contribution in [0.15, 0.2) is 0 Å². The maximum absolute atomic E-state index is 13.9. The van der Waals surface area contributed by atoms with E-state index in [0.29, 0.717) is 12.8 Å². The molecule has 5 nitrogen and oxygen atoms in total. The summed E-state index contributed by atoms with van der Waals surface area (Å²) in [4.78, 5) is 25.8. The molecular formula is C14H23FINO4. The number of likely N-dealkylation sites (tertiary alicyclic amines) is 1. The summed E-state index contributed by atoms with van der Waals surface area (Å²) in [5, 5.41) is 0. The molecule has 1 saturated heterocycles. The Bertz CT molecular complexity index is 399. The molecule has 21 heavy (non-hydrogen) atoms. The molecule has 0 N–H and O–H groups in total. The lowest BCUT2D eigenvalue weighted by Crippen LogP contribution is -2.54. The van der Waals surface area contributed by atoms with Gasteiger partial charge in [-0.05, 0) is 38.0 Å². The minimum absolute atomic E-state index is 0.0322. The second-order valence-corrected chi connectivity index (χ2v) is 7.29.